The molecule has 2 heterocycles. The number of ether oxygens (including phenoxy) is 1. The molecular formula is C16H19N5O2S. The van der Waals surface area contributed by atoms with E-state index in [1.807, 2.05) is 28.8 Å². The molecule has 1 aromatic heterocycles. The monoisotopic (exact) mass is 345 g/mol. The molecule has 1 N–H and O–H groups in total. The van der Waals surface area contributed by atoms with Crippen LogP contribution in [0.1, 0.15) is 0 Å². The maximum absolute atomic E-state index is 11.7. The van der Waals surface area contributed by atoms with Gasteiger partial charge in [-0.3, -0.25) is 9.36 Å². The molecule has 0 fully saturated rings. The Morgan fingerprint density at radius 2 is 2.17 bits per heavy atom. The molecule has 7 nitrogen and oxygen atoms in total. The molecule has 0 radical (unpaired) electrons. The summed E-state index contributed by atoms with van der Waals surface area (Å²) < 4.78 is 7.23. The Labute approximate surface area is 144 Å². The molecular weight excluding hydrogens is 326 g/mol. The molecule has 2 aromatic rings. The van der Waals surface area contributed by atoms with E-state index in [-0.39, 0.29) is 5.91 Å². The summed E-state index contributed by atoms with van der Waals surface area (Å²) in [5.41, 5.74) is 1.04. The summed E-state index contributed by atoms with van der Waals surface area (Å²) in [5, 5.41) is 12.0. The van der Waals surface area contributed by atoms with Gasteiger partial charge >= 0.3 is 0 Å². The Morgan fingerprint density at radius 1 is 1.38 bits per heavy atom. The van der Waals surface area contributed by atoms with Gasteiger partial charge in [0, 0.05) is 25.3 Å². The van der Waals surface area contributed by atoms with Crippen LogP contribution >= 0.6 is 11.8 Å². The first-order valence-electron chi connectivity index (χ1n) is 7.58. The number of nitrogens with zero attached hydrogens (tertiary/aromatic N) is 4. The summed E-state index contributed by atoms with van der Waals surface area (Å²) in [6.45, 7) is 5.67. The quantitative estimate of drug-likeness (QED) is 0.610. The SMILES string of the molecule is C=CCNC(=O)CSc1nnc2n1CCN2c1ccc(OC)cc1. The Morgan fingerprint density at radius 3 is 2.88 bits per heavy atom. The van der Waals surface area contributed by atoms with Gasteiger partial charge in [0.05, 0.1) is 12.9 Å². The number of nitrogens with one attached hydrogen (secondary N) is 1. The minimum Gasteiger partial charge on any atom is -0.497 e. The predicted octanol–water partition coefficient (Wildman–Crippen LogP) is 1.83. The van der Waals surface area contributed by atoms with Crippen molar-refractivity contribution in [3.63, 3.8) is 0 Å². The van der Waals surface area contributed by atoms with E-state index in [0.29, 0.717) is 12.3 Å². The number of aromatic nitrogens is 3. The number of thioether (sulfide) groups is 1. The van der Waals surface area contributed by atoms with Crippen molar-refractivity contribution in [2.24, 2.45) is 0 Å². The molecule has 24 heavy (non-hydrogen) atoms. The molecule has 0 unspecified atom stereocenters. The molecule has 1 aliphatic rings. The number of methoxy groups -OCH3 is 1. The summed E-state index contributed by atoms with van der Waals surface area (Å²) >= 11 is 1.39. The number of carbonyl (C=O) groups is 1. The number of benzene rings is 1. The number of amides is 1. The summed E-state index contributed by atoms with van der Waals surface area (Å²) in [6.07, 6.45) is 1.66. The molecule has 1 aliphatic heterocycles. The molecule has 8 heteroatoms. The lowest BCUT2D eigenvalue weighted by atomic mass is 10.3. The van der Waals surface area contributed by atoms with E-state index in [9.17, 15) is 4.79 Å². The molecule has 0 spiro atoms. The van der Waals surface area contributed by atoms with Crippen LogP contribution in [0.25, 0.3) is 0 Å². The van der Waals surface area contributed by atoms with Crippen LogP contribution in [0.4, 0.5) is 11.6 Å². The molecule has 1 amide bonds. The molecule has 0 saturated heterocycles. The van der Waals surface area contributed by atoms with Gasteiger partial charge < -0.3 is 15.0 Å². The van der Waals surface area contributed by atoms with Crippen molar-refractivity contribution in [2.45, 2.75) is 11.7 Å². The Hall–Kier alpha value is -2.48. The van der Waals surface area contributed by atoms with Crippen LogP contribution in [0.3, 0.4) is 0 Å². The van der Waals surface area contributed by atoms with Gasteiger partial charge in [-0.2, -0.15) is 0 Å². The molecule has 1 aromatic carbocycles. The number of anilines is 2. The minimum absolute atomic E-state index is 0.0396. The fraction of sp³-hybridized carbons (Fsp3) is 0.312. The van der Waals surface area contributed by atoms with Crippen molar-refractivity contribution in [1.82, 2.24) is 20.1 Å². The standard InChI is InChI=1S/C16H19N5O2S/c1-3-8-17-14(22)11-24-16-19-18-15-20(9-10-21(15)16)12-4-6-13(23-2)7-5-12/h3-7H,1,8-11H2,2H3,(H,17,22). The summed E-state index contributed by atoms with van der Waals surface area (Å²) in [7, 11) is 1.65. The first-order valence-corrected chi connectivity index (χ1v) is 8.56. The molecule has 0 aliphatic carbocycles. The van der Waals surface area contributed by atoms with E-state index in [4.69, 9.17) is 4.74 Å². The van der Waals surface area contributed by atoms with Crippen molar-refractivity contribution in [1.29, 1.82) is 0 Å². The highest BCUT2D eigenvalue weighted by molar-refractivity contribution is 7.99. The molecule has 0 bridgehead atoms. The Bertz CT molecular complexity index is 729. The van der Waals surface area contributed by atoms with Crippen LogP contribution in [0.2, 0.25) is 0 Å². The number of carbonyl (C=O) groups excluding carboxylic acids is 1. The molecule has 0 saturated carbocycles. The summed E-state index contributed by atoms with van der Waals surface area (Å²) in [5.74, 6) is 1.90. The van der Waals surface area contributed by atoms with Crippen molar-refractivity contribution in [2.75, 3.05) is 30.9 Å². The largest absolute Gasteiger partial charge is 0.497 e. The number of rotatable bonds is 7. The molecule has 3 rings (SSSR count). The minimum atomic E-state index is -0.0396. The van der Waals surface area contributed by atoms with E-state index in [2.05, 4.69) is 27.0 Å². The van der Waals surface area contributed by atoms with Crippen LogP contribution in [-0.2, 0) is 11.3 Å². The van der Waals surface area contributed by atoms with Gasteiger partial charge in [-0.15, -0.1) is 16.8 Å². The second-order valence-corrected chi connectivity index (χ2v) is 6.11. The van der Waals surface area contributed by atoms with Crippen molar-refractivity contribution < 1.29 is 9.53 Å². The third kappa shape index (κ3) is 3.38. The van der Waals surface area contributed by atoms with E-state index in [0.717, 1.165) is 35.6 Å². The van der Waals surface area contributed by atoms with Gasteiger partial charge in [-0.05, 0) is 24.3 Å². The lowest BCUT2D eigenvalue weighted by Gasteiger charge is -2.15. The van der Waals surface area contributed by atoms with E-state index >= 15 is 0 Å². The molecule has 0 atom stereocenters. The Kier molecular flexibility index (Phi) is 5.05. The number of hydrogen-bond acceptors (Lipinski definition) is 6. The van der Waals surface area contributed by atoms with Crippen molar-refractivity contribution in [3.8, 4) is 5.75 Å². The maximum Gasteiger partial charge on any atom is 0.232 e. The van der Waals surface area contributed by atoms with Crippen LogP contribution in [0, 0.1) is 0 Å². The second kappa shape index (κ2) is 7.39. The fourth-order valence-electron chi connectivity index (χ4n) is 2.46. The van der Waals surface area contributed by atoms with Crippen LogP contribution in [-0.4, -0.2) is 46.6 Å². The van der Waals surface area contributed by atoms with E-state index in [1.54, 1.807) is 13.2 Å². The van der Waals surface area contributed by atoms with Crippen molar-refractivity contribution in [3.05, 3.63) is 36.9 Å². The average Bonchev–Trinajstić information content (AvgIpc) is 3.20. The first kappa shape index (κ1) is 16.4. The average molecular weight is 345 g/mol. The van der Waals surface area contributed by atoms with Crippen LogP contribution in [0.15, 0.2) is 42.1 Å². The summed E-state index contributed by atoms with van der Waals surface area (Å²) in [6, 6.07) is 7.85. The normalized spacial score (nSPS) is 12.8. The predicted molar refractivity (Wildman–Crippen MR) is 94.0 cm³/mol. The van der Waals surface area contributed by atoms with Crippen molar-refractivity contribution >= 4 is 29.3 Å². The lowest BCUT2D eigenvalue weighted by molar-refractivity contribution is -0.118. The van der Waals surface area contributed by atoms with E-state index < -0.39 is 0 Å². The van der Waals surface area contributed by atoms with Crippen LogP contribution < -0.4 is 15.0 Å². The zero-order chi connectivity index (χ0) is 16.9. The van der Waals surface area contributed by atoms with Gasteiger partial charge in [0.15, 0.2) is 5.16 Å². The third-order valence-corrected chi connectivity index (χ3v) is 4.61. The molecule has 126 valence electrons. The maximum atomic E-state index is 11.7. The smallest absolute Gasteiger partial charge is 0.232 e. The highest BCUT2D eigenvalue weighted by Gasteiger charge is 2.26. The van der Waals surface area contributed by atoms with Gasteiger partial charge in [0.25, 0.3) is 0 Å². The number of hydrogen-bond donors (Lipinski definition) is 1. The van der Waals surface area contributed by atoms with Gasteiger partial charge in [0.2, 0.25) is 11.9 Å². The first-order chi connectivity index (χ1) is 11.7. The Balaban J connectivity index is 1.68. The zero-order valence-corrected chi connectivity index (χ0v) is 14.3. The van der Waals surface area contributed by atoms with Gasteiger partial charge in [0.1, 0.15) is 5.75 Å². The topological polar surface area (TPSA) is 72.3 Å². The zero-order valence-electron chi connectivity index (χ0n) is 13.4. The number of fused-ring (bicyclic) bond motifs is 1. The lowest BCUT2D eigenvalue weighted by Crippen LogP contribution is -2.25. The highest BCUT2D eigenvalue weighted by atomic mass is 32.2. The fourth-order valence-corrected chi connectivity index (χ4v) is 3.25. The van der Waals surface area contributed by atoms with E-state index in [1.165, 1.54) is 11.8 Å². The van der Waals surface area contributed by atoms with Gasteiger partial charge in [-0.25, -0.2) is 0 Å². The summed E-state index contributed by atoms with van der Waals surface area (Å²) in [4.78, 5) is 13.8. The van der Waals surface area contributed by atoms with Gasteiger partial charge in [-0.1, -0.05) is 17.8 Å². The third-order valence-electron chi connectivity index (χ3n) is 3.65. The van der Waals surface area contributed by atoms with Crippen LogP contribution in [0.5, 0.6) is 5.75 Å². The highest BCUT2D eigenvalue weighted by Crippen LogP contribution is 2.32. The second-order valence-electron chi connectivity index (χ2n) is 5.17.